The fourth-order valence-corrected chi connectivity index (χ4v) is 2.00. The van der Waals surface area contributed by atoms with Gasteiger partial charge in [0.1, 0.15) is 0 Å². The van der Waals surface area contributed by atoms with E-state index in [1.54, 1.807) is 0 Å². The van der Waals surface area contributed by atoms with Crippen LogP contribution in [0.5, 0.6) is 0 Å². The van der Waals surface area contributed by atoms with Gasteiger partial charge in [0.15, 0.2) is 0 Å². The molecule has 0 bridgehead atoms. The lowest BCUT2D eigenvalue weighted by molar-refractivity contribution is 0.276. The summed E-state index contributed by atoms with van der Waals surface area (Å²) < 4.78 is 0. The highest BCUT2D eigenvalue weighted by Gasteiger charge is 2.09. The Bertz CT molecular complexity index is 510. The van der Waals surface area contributed by atoms with Crippen molar-refractivity contribution in [3.8, 4) is 0 Å². The van der Waals surface area contributed by atoms with E-state index in [0.29, 0.717) is 5.02 Å². The molecule has 0 amide bonds. The van der Waals surface area contributed by atoms with Crippen LogP contribution in [0.25, 0.3) is 0 Å². The van der Waals surface area contributed by atoms with Crippen molar-refractivity contribution in [3.05, 3.63) is 64.7 Å². The van der Waals surface area contributed by atoms with Gasteiger partial charge in [-0.25, -0.2) is 0 Å². The Labute approximate surface area is 112 Å². The predicted octanol–water partition coefficient (Wildman–Crippen LogP) is 3.79. The number of hydrogen-bond donors (Lipinski definition) is 2. The summed E-state index contributed by atoms with van der Waals surface area (Å²) in [6.07, 6.45) is 0. The van der Waals surface area contributed by atoms with Crippen LogP contribution >= 0.6 is 11.6 Å². The zero-order valence-electron chi connectivity index (χ0n) is 10.2. The second-order valence-corrected chi connectivity index (χ2v) is 4.74. The maximum Gasteiger partial charge on any atom is 0.0745 e. The normalized spacial score (nSPS) is 12.2. The number of anilines is 1. The molecule has 2 nitrogen and oxygen atoms in total. The fourth-order valence-electron chi connectivity index (χ4n) is 1.81. The maximum absolute atomic E-state index is 9.48. The third-order valence-corrected chi connectivity index (χ3v) is 3.06. The molecule has 2 aromatic carbocycles. The summed E-state index contributed by atoms with van der Waals surface area (Å²) in [5.74, 6) is 0. The highest BCUT2D eigenvalue weighted by atomic mass is 35.5. The first kappa shape index (κ1) is 12.9. The van der Waals surface area contributed by atoms with E-state index in [1.165, 1.54) is 5.56 Å². The van der Waals surface area contributed by atoms with Crippen molar-refractivity contribution in [3.63, 3.8) is 0 Å². The van der Waals surface area contributed by atoms with Crippen LogP contribution in [0.2, 0.25) is 5.02 Å². The third-order valence-electron chi connectivity index (χ3n) is 2.83. The lowest BCUT2D eigenvalue weighted by atomic mass is 10.1. The minimum absolute atomic E-state index is 0.0373. The van der Waals surface area contributed by atoms with Gasteiger partial charge in [-0.15, -0.1) is 0 Å². The number of aliphatic hydroxyl groups excluding tert-OH is 1. The Morgan fingerprint density at radius 2 is 1.89 bits per heavy atom. The Hall–Kier alpha value is -1.51. The number of aliphatic hydroxyl groups is 1. The molecule has 1 atom stereocenters. The third kappa shape index (κ3) is 3.25. The maximum atomic E-state index is 9.48. The van der Waals surface area contributed by atoms with Crippen molar-refractivity contribution in [2.24, 2.45) is 0 Å². The van der Waals surface area contributed by atoms with Crippen molar-refractivity contribution >= 4 is 17.3 Å². The van der Waals surface area contributed by atoms with Crippen LogP contribution in [-0.4, -0.2) is 11.7 Å². The van der Waals surface area contributed by atoms with Gasteiger partial charge >= 0.3 is 0 Å². The van der Waals surface area contributed by atoms with E-state index in [9.17, 15) is 5.11 Å². The second-order valence-electron chi connectivity index (χ2n) is 4.30. The summed E-state index contributed by atoms with van der Waals surface area (Å²) >= 11 is 5.94. The number of rotatable bonds is 4. The van der Waals surface area contributed by atoms with Crippen LogP contribution in [0.3, 0.4) is 0 Å². The lowest BCUT2D eigenvalue weighted by Crippen LogP contribution is -2.14. The minimum atomic E-state index is -0.121. The van der Waals surface area contributed by atoms with E-state index in [2.05, 4.69) is 5.32 Å². The molecule has 1 unspecified atom stereocenters. The van der Waals surface area contributed by atoms with Crippen LogP contribution in [0.4, 0.5) is 5.69 Å². The molecular weight excluding hydrogens is 246 g/mol. The van der Waals surface area contributed by atoms with Crippen molar-refractivity contribution in [2.75, 3.05) is 11.9 Å². The molecule has 0 saturated carbocycles. The first-order valence-corrected chi connectivity index (χ1v) is 6.26. The zero-order valence-corrected chi connectivity index (χ0v) is 11.0. The molecule has 94 valence electrons. The first-order valence-electron chi connectivity index (χ1n) is 5.88. The van der Waals surface area contributed by atoms with E-state index in [0.717, 1.165) is 11.3 Å². The molecule has 0 spiro atoms. The van der Waals surface area contributed by atoms with Crippen LogP contribution < -0.4 is 5.32 Å². The summed E-state index contributed by atoms with van der Waals surface area (Å²) in [7, 11) is 0. The Kier molecular flexibility index (Phi) is 4.24. The minimum Gasteiger partial charge on any atom is -0.394 e. The van der Waals surface area contributed by atoms with Gasteiger partial charge in [0.2, 0.25) is 0 Å². The van der Waals surface area contributed by atoms with Gasteiger partial charge in [0.05, 0.1) is 12.6 Å². The molecule has 2 N–H and O–H groups in total. The van der Waals surface area contributed by atoms with E-state index in [1.807, 2.05) is 55.5 Å². The highest BCUT2D eigenvalue weighted by molar-refractivity contribution is 6.30. The van der Waals surface area contributed by atoms with Gasteiger partial charge in [0.25, 0.3) is 0 Å². The monoisotopic (exact) mass is 261 g/mol. The van der Waals surface area contributed by atoms with E-state index >= 15 is 0 Å². The summed E-state index contributed by atoms with van der Waals surface area (Å²) in [4.78, 5) is 0. The van der Waals surface area contributed by atoms with Crippen LogP contribution in [0.15, 0.2) is 48.5 Å². The van der Waals surface area contributed by atoms with Gasteiger partial charge in [0, 0.05) is 10.7 Å². The molecule has 0 heterocycles. The second kappa shape index (κ2) is 5.89. The molecule has 0 aromatic heterocycles. The SMILES string of the molecule is Cc1ccc(C(CO)Nc2cccc(Cl)c2)cc1. The average molecular weight is 262 g/mol. The largest absolute Gasteiger partial charge is 0.394 e. The van der Waals surface area contributed by atoms with Crippen LogP contribution in [0.1, 0.15) is 17.2 Å². The van der Waals surface area contributed by atoms with Crippen LogP contribution in [-0.2, 0) is 0 Å². The number of nitrogens with one attached hydrogen (secondary N) is 1. The summed E-state index contributed by atoms with van der Waals surface area (Å²) in [6.45, 7) is 2.08. The molecule has 0 aliphatic carbocycles. The Balaban J connectivity index is 2.17. The number of halogens is 1. The van der Waals surface area contributed by atoms with Gasteiger partial charge in [-0.3, -0.25) is 0 Å². The molecule has 0 saturated heterocycles. The molecule has 2 rings (SSSR count). The lowest BCUT2D eigenvalue weighted by Gasteiger charge is -2.18. The Morgan fingerprint density at radius 1 is 1.17 bits per heavy atom. The van der Waals surface area contributed by atoms with E-state index in [4.69, 9.17) is 11.6 Å². The van der Waals surface area contributed by atoms with Crippen molar-refractivity contribution < 1.29 is 5.11 Å². The first-order chi connectivity index (χ1) is 8.69. The van der Waals surface area contributed by atoms with Crippen LogP contribution in [0, 0.1) is 6.92 Å². The molecule has 18 heavy (non-hydrogen) atoms. The molecule has 3 heteroatoms. The predicted molar refractivity (Wildman–Crippen MR) is 76.1 cm³/mol. The average Bonchev–Trinajstić information content (AvgIpc) is 2.37. The molecule has 0 radical (unpaired) electrons. The fraction of sp³-hybridized carbons (Fsp3) is 0.200. The number of aryl methyl sites for hydroxylation is 1. The van der Waals surface area contributed by atoms with Gasteiger partial charge in [-0.05, 0) is 30.7 Å². The topological polar surface area (TPSA) is 32.3 Å². The quantitative estimate of drug-likeness (QED) is 0.878. The van der Waals surface area contributed by atoms with E-state index < -0.39 is 0 Å². The van der Waals surface area contributed by atoms with Crippen molar-refractivity contribution in [1.29, 1.82) is 0 Å². The Morgan fingerprint density at radius 3 is 2.50 bits per heavy atom. The van der Waals surface area contributed by atoms with Gasteiger partial charge in [-0.1, -0.05) is 47.5 Å². The highest BCUT2D eigenvalue weighted by Crippen LogP contribution is 2.22. The molecular formula is C15H16ClNO. The summed E-state index contributed by atoms with van der Waals surface area (Å²) in [6, 6.07) is 15.5. The van der Waals surface area contributed by atoms with E-state index in [-0.39, 0.29) is 12.6 Å². The zero-order chi connectivity index (χ0) is 13.0. The molecule has 0 aliphatic rings. The molecule has 0 aliphatic heterocycles. The molecule has 2 aromatic rings. The summed E-state index contributed by atoms with van der Waals surface area (Å²) in [5.41, 5.74) is 3.17. The number of benzene rings is 2. The van der Waals surface area contributed by atoms with Gasteiger partial charge in [-0.2, -0.15) is 0 Å². The number of hydrogen-bond acceptors (Lipinski definition) is 2. The molecule has 0 fully saturated rings. The van der Waals surface area contributed by atoms with Crippen molar-refractivity contribution in [1.82, 2.24) is 0 Å². The van der Waals surface area contributed by atoms with Gasteiger partial charge < -0.3 is 10.4 Å². The van der Waals surface area contributed by atoms with Crippen molar-refractivity contribution in [2.45, 2.75) is 13.0 Å². The smallest absolute Gasteiger partial charge is 0.0745 e. The standard InChI is InChI=1S/C15H16ClNO/c1-11-5-7-12(8-6-11)15(10-18)17-14-4-2-3-13(16)9-14/h2-9,15,17-18H,10H2,1H3. The summed E-state index contributed by atoms with van der Waals surface area (Å²) in [5, 5.41) is 13.4.